The quantitative estimate of drug-likeness (QED) is 0.847. The van der Waals surface area contributed by atoms with Crippen molar-refractivity contribution in [3.8, 4) is 0 Å². The van der Waals surface area contributed by atoms with Gasteiger partial charge in [-0.1, -0.05) is 19.8 Å². The maximum atomic E-state index is 4.57. The molecule has 1 heterocycles. The zero-order chi connectivity index (χ0) is 11.6. The van der Waals surface area contributed by atoms with Gasteiger partial charge < -0.3 is 5.32 Å². The van der Waals surface area contributed by atoms with Crippen molar-refractivity contribution in [2.24, 2.45) is 12.5 Å². The van der Waals surface area contributed by atoms with Gasteiger partial charge in [0.25, 0.3) is 0 Å². The molecule has 0 radical (unpaired) electrons. The van der Waals surface area contributed by atoms with Crippen molar-refractivity contribution in [2.75, 3.05) is 7.05 Å². The second-order valence-electron chi connectivity index (χ2n) is 5.06. The summed E-state index contributed by atoms with van der Waals surface area (Å²) in [6.07, 6.45) is 8.71. The van der Waals surface area contributed by atoms with E-state index in [1.165, 1.54) is 37.8 Å². The maximum Gasteiger partial charge on any atom is 0.0799 e. The minimum atomic E-state index is 0.418. The monoisotopic (exact) mass is 221 g/mol. The third-order valence-corrected chi connectivity index (χ3v) is 4.23. The number of aryl methyl sites for hydroxylation is 1. The Morgan fingerprint density at radius 3 is 2.62 bits per heavy atom. The fraction of sp³-hybridized carbons (Fsp3) is 0.769. The summed E-state index contributed by atoms with van der Waals surface area (Å²) in [5.41, 5.74) is 1.64. The number of hydrogen-bond acceptors (Lipinski definition) is 2. The van der Waals surface area contributed by atoms with Gasteiger partial charge in [-0.15, -0.1) is 0 Å². The Balaban J connectivity index is 2.27. The molecule has 1 aliphatic carbocycles. The van der Waals surface area contributed by atoms with E-state index in [0.29, 0.717) is 11.5 Å². The molecule has 0 aliphatic heterocycles. The summed E-state index contributed by atoms with van der Waals surface area (Å²) in [5.74, 6) is 0. The van der Waals surface area contributed by atoms with Gasteiger partial charge in [0.05, 0.1) is 11.7 Å². The second-order valence-corrected chi connectivity index (χ2v) is 5.06. The van der Waals surface area contributed by atoms with E-state index < -0.39 is 0 Å². The molecule has 1 atom stereocenters. The van der Waals surface area contributed by atoms with Crippen molar-refractivity contribution in [3.05, 3.63) is 18.0 Å². The minimum Gasteiger partial charge on any atom is -0.311 e. The fourth-order valence-corrected chi connectivity index (χ4v) is 3.28. The van der Waals surface area contributed by atoms with E-state index in [1.807, 2.05) is 17.9 Å². The Morgan fingerprint density at radius 1 is 1.50 bits per heavy atom. The first kappa shape index (κ1) is 11.6. The Bertz CT molecular complexity index is 337. The summed E-state index contributed by atoms with van der Waals surface area (Å²) in [4.78, 5) is 0. The highest BCUT2D eigenvalue weighted by molar-refractivity contribution is 5.11. The zero-order valence-corrected chi connectivity index (χ0v) is 10.7. The van der Waals surface area contributed by atoms with Crippen LogP contribution < -0.4 is 5.32 Å². The molecule has 3 nitrogen and oxygen atoms in total. The predicted octanol–water partition coefficient (Wildman–Crippen LogP) is 2.65. The van der Waals surface area contributed by atoms with Crippen molar-refractivity contribution < 1.29 is 0 Å². The van der Waals surface area contributed by atoms with Crippen LogP contribution in [-0.2, 0) is 7.05 Å². The lowest BCUT2D eigenvalue weighted by atomic mass is 9.75. The molecule has 2 rings (SSSR count). The van der Waals surface area contributed by atoms with Crippen molar-refractivity contribution in [3.63, 3.8) is 0 Å². The molecule has 3 heteroatoms. The van der Waals surface area contributed by atoms with Crippen LogP contribution in [0.2, 0.25) is 0 Å². The van der Waals surface area contributed by atoms with E-state index in [-0.39, 0.29) is 0 Å². The molecule has 0 aromatic carbocycles. The van der Waals surface area contributed by atoms with E-state index in [1.54, 1.807) is 0 Å². The summed E-state index contributed by atoms with van der Waals surface area (Å²) in [6.45, 7) is 2.32. The standard InChI is InChI=1S/C13H23N3/c1-4-13(8-5-6-9-13)12(14-2)11-7-10-16(3)15-11/h7,10,12,14H,4-6,8-9H2,1-3H3. The van der Waals surface area contributed by atoms with Crippen molar-refractivity contribution in [1.29, 1.82) is 0 Å². The second kappa shape index (κ2) is 4.58. The lowest BCUT2D eigenvalue weighted by molar-refractivity contribution is 0.191. The molecule has 1 unspecified atom stereocenters. The highest BCUT2D eigenvalue weighted by atomic mass is 15.3. The zero-order valence-electron chi connectivity index (χ0n) is 10.7. The molecule has 1 N–H and O–H groups in total. The first-order chi connectivity index (χ1) is 7.72. The summed E-state index contributed by atoms with van der Waals surface area (Å²) in [5, 5.41) is 8.06. The maximum absolute atomic E-state index is 4.57. The molecule has 0 amide bonds. The average molecular weight is 221 g/mol. The van der Waals surface area contributed by atoms with E-state index >= 15 is 0 Å². The van der Waals surface area contributed by atoms with Crippen LogP contribution in [0.4, 0.5) is 0 Å². The molecule has 0 spiro atoms. The van der Waals surface area contributed by atoms with Gasteiger partial charge in [0, 0.05) is 13.2 Å². The van der Waals surface area contributed by atoms with E-state index in [9.17, 15) is 0 Å². The molecule has 1 aromatic heterocycles. The van der Waals surface area contributed by atoms with Crippen molar-refractivity contribution in [2.45, 2.75) is 45.1 Å². The van der Waals surface area contributed by atoms with E-state index in [2.05, 4.69) is 30.5 Å². The topological polar surface area (TPSA) is 29.9 Å². The number of hydrogen-bond donors (Lipinski definition) is 1. The molecular weight excluding hydrogens is 198 g/mol. The third-order valence-electron chi connectivity index (χ3n) is 4.23. The highest BCUT2D eigenvalue weighted by Crippen LogP contribution is 2.49. The van der Waals surface area contributed by atoms with Gasteiger partial charge >= 0.3 is 0 Å². The van der Waals surface area contributed by atoms with Crippen LogP contribution in [0.3, 0.4) is 0 Å². The SMILES string of the molecule is CCC1(C(NC)c2ccn(C)n2)CCCC1. The van der Waals surface area contributed by atoms with Gasteiger partial charge in [-0.05, 0) is 37.8 Å². The highest BCUT2D eigenvalue weighted by Gasteiger charge is 2.40. The van der Waals surface area contributed by atoms with Crippen LogP contribution in [0.25, 0.3) is 0 Å². The van der Waals surface area contributed by atoms with Gasteiger partial charge in [-0.3, -0.25) is 4.68 Å². The van der Waals surface area contributed by atoms with Gasteiger partial charge in [0.2, 0.25) is 0 Å². The number of rotatable bonds is 4. The van der Waals surface area contributed by atoms with E-state index in [4.69, 9.17) is 0 Å². The van der Waals surface area contributed by atoms with Crippen LogP contribution in [0.1, 0.15) is 50.8 Å². The van der Waals surface area contributed by atoms with Gasteiger partial charge in [-0.2, -0.15) is 5.10 Å². The Kier molecular flexibility index (Phi) is 3.33. The summed E-state index contributed by atoms with van der Waals surface area (Å²) >= 11 is 0. The fourth-order valence-electron chi connectivity index (χ4n) is 3.28. The number of nitrogens with zero attached hydrogens (tertiary/aromatic N) is 2. The van der Waals surface area contributed by atoms with Gasteiger partial charge in [0.1, 0.15) is 0 Å². The molecule has 0 bridgehead atoms. The normalized spacial score (nSPS) is 21.2. The van der Waals surface area contributed by atoms with Gasteiger partial charge in [0.15, 0.2) is 0 Å². The first-order valence-corrected chi connectivity index (χ1v) is 6.38. The number of nitrogens with one attached hydrogen (secondary N) is 1. The van der Waals surface area contributed by atoms with Crippen LogP contribution in [0.5, 0.6) is 0 Å². The summed E-state index contributed by atoms with van der Waals surface area (Å²) < 4.78 is 1.90. The third kappa shape index (κ3) is 1.88. The molecule has 1 fully saturated rings. The summed E-state index contributed by atoms with van der Waals surface area (Å²) in [7, 11) is 4.05. The Morgan fingerprint density at radius 2 is 2.19 bits per heavy atom. The molecule has 0 saturated heterocycles. The van der Waals surface area contributed by atoms with Crippen LogP contribution >= 0.6 is 0 Å². The average Bonchev–Trinajstić information content (AvgIpc) is 2.90. The van der Waals surface area contributed by atoms with Crippen LogP contribution in [0, 0.1) is 5.41 Å². The van der Waals surface area contributed by atoms with Crippen molar-refractivity contribution >= 4 is 0 Å². The molecule has 1 aromatic rings. The molecule has 1 saturated carbocycles. The lowest BCUT2D eigenvalue weighted by Gasteiger charge is -2.35. The van der Waals surface area contributed by atoms with Gasteiger partial charge in [-0.25, -0.2) is 0 Å². The minimum absolute atomic E-state index is 0.418. The van der Waals surface area contributed by atoms with Crippen LogP contribution in [0.15, 0.2) is 12.3 Å². The lowest BCUT2D eigenvalue weighted by Crippen LogP contribution is -2.34. The van der Waals surface area contributed by atoms with E-state index in [0.717, 1.165) is 0 Å². The molecule has 16 heavy (non-hydrogen) atoms. The predicted molar refractivity (Wildman–Crippen MR) is 66.2 cm³/mol. The molecular formula is C13H23N3. The largest absolute Gasteiger partial charge is 0.311 e. The molecule has 1 aliphatic rings. The number of aromatic nitrogens is 2. The summed E-state index contributed by atoms with van der Waals surface area (Å²) in [6, 6.07) is 2.57. The Labute approximate surface area is 98.2 Å². The smallest absolute Gasteiger partial charge is 0.0799 e. The first-order valence-electron chi connectivity index (χ1n) is 6.38. The Hall–Kier alpha value is -0.830. The molecule has 90 valence electrons. The van der Waals surface area contributed by atoms with Crippen molar-refractivity contribution in [1.82, 2.24) is 15.1 Å². The van der Waals surface area contributed by atoms with Crippen LogP contribution in [-0.4, -0.2) is 16.8 Å².